The number of hydrogen-bond donors (Lipinski definition) is 1. The molecule has 0 aliphatic carbocycles. The maximum atomic E-state index is 10.5. The van der Waals surface area contributed by atoms with Crippen LogP contribution in [0, 0.1) is 6.92 Å². The Balaban J connectivity index is 3.01. The largest absolute Gasteiger partial charge is 0.481 e. The van der Waals surface area contributed by atoms with Gasteiger partial charge in [0.25, 0.3) is 0 Å². The van der Waals surface area contributed by atoms with Crippen molar-refractivity contribution < 1.29 is 9.90 Å². The predicted molar refractivity (Wildman–Crippen MR) is 47.5 cm³/mol. The first-order valence-electron chi connectivity index (χ1n) is 4.16. The van der Waals surface area contributed by atoms with Crippen molar-refractivity contribution in [2.75, 3.05) is 0 Å². The van der Waals surface area contributed by atoms with Crippen LogP contribution in [0.25, 0.3) is 0 Å². The van der Waals surface area contributed by atoms with E-state index in [9.17, 15) is 4.79 Å². The van der Waals surface area contributed by atoms with Gasteiger partial charge in [-0.05, 0) is 18.9 Å². The van der Waals surface area contributed by atoms with E-state index in [2.05, 4.69) is 9.97 Å². The zero-order chi connectivity index (χ0) is 9.84. The Morgan fingerprint density at radius 1 is 1.46 bits per heavy atom. The fraction of sp³-hybridized carbons (Fsp3) is 0.444. The zero-order valence-electron chi connectivity index (χ0n) is 7.74. The minimum absolute atomic E-state index is 0.0264. The van der Waals surface area contributed by atoms with E-state index < -0.39 is 5.97 Å². The van der Waals surface area contributed by atoms with Crippen molar-refractivity contribution in [2.45, 2.75) is 26.7 Å². The molecule has 0 atom stereocenters. The van der Waals surface area contributed by atoms with Gasteiger partial charge in [0.05, 0.1) is 12.1 Å². The summed E-state index contributed by atoms with van der Waals surface area (Å²) < 4.78 is 0. The van der Waals surface area contributed by atoms with Crippen LogP contribution in [0.3, 0.4) is 0 Å². The first-order chi connectivity index (χ1) is 6.15. The Hall–Kier alpha value is -1.45. The van der Waals surface area contributed by atoms with Crippen LogP contribution < -0.4 is 0 Å². The summed E-state index contributed by atoms with van der Waals surface area (Å²) in [5, 5.41) is 8.59. The van der Waals surface area contributed by atoms with Crippen molar-refractivity contribution in [3.63, 3.8) is 0 Å². The second-order valence-corrected chi connectivity index (χ2v) is 2.82. The maximum absolute atomic E-state index is 10.5. The molecule has 13 heavy (non-hydrogen) atoms. The average Bonchev–Trinajstić information content (AvgIpc) is 2.08. The summed E-state index contributed by atoms with van der Waals surface area (Å²) >= 11 is 0. The number of aliphatic carboxylic acids is 1. The summed E-state index contributed by atoms with van der Waals surface area (Å²) in [5.74, 6) is -0.858. The topological polar surface area (TPSA) is 63.1 Å². The molecule has 0 fully saturated rings. The Bertz CT molecular complexity index is 323. The molecular weight excluding hydrogens is 168 g/mol. The van der Waals surface area contributed by atoms with Crippen LogP contribution in [0.1, 0.15) is 23.9 Å². The number of carboxylic acids is 1. The number of aryl methyl sites for hydroxylation is 1. The quantitative estimate of drug-likeness (QED) is 0.753. The van der Waals surface area contributed by atoms with Gasteiger partial charge in [0.1, 0.15) is 6.33 Å². The highest BCUT2D eigenvalue weighted by Crippen LogP contribution is 2.09. The number of carboxylic acid groups (broad SMARTS) is 1. The van der Waals surface area contributed by atoms with Gasteiger partial charge in [-0.25, -0.2) is 9.97 Å². The minimum atomic E-state index is -0.858. The Morgan fingerprint density at radius 2 is 2.08 bits per heavy atom. The first kappa shape index (κ1) is 9.64. The molecule has 0 aliphatic heterocycles. The van der Waals surface area contributed by atoms with Crippen molar-refractivity contribution in [1.29, 1.82) is 0 Å². The lowest BCUT2D eigenvalue weighted by molar-refractivity contribution is -0.136. The molecule has 0 radical (unpaired) electrons. The second kappa shape index (κ2) is 3.98. The van der Waals surface area contributed by atoms with Gasteiger partial charge < -0.3 is 5.11 Å². The molecule has 0 aromatic carbocycles. The van der Waals surface area contributed by atoms with Gasteiger partial charge in [0.2, 0.25) is 0 Å². The van der Waals surface area contributed by atoms with Crippen LogP contribution >= 0.6 is 0 Å². The summed E-state index contributed by atoms with van der Waals surface area (Å²) in [7, 11) is 0. The Morgan fingerprint density at radius 3 is 2.62 bits per heavy atom. The van der Waals surface area contributed by atoms with E-state index >= 15 is 0 Å². The highest BCUT2D eigenvalue weighted by atomic mass is 16.4. The average molecular weight is 180 g/mol. The van der Waals surface area contributed by atoms with Gasteiger partial charge in [-0.3, -0.25) is 4.79 Å². The van der Waals surface area contributed by atoms with Gasteiger partial charge in [-0.2, -0.15) is 0 Å². The summed E-state index contributed by atoms with van der Waals surface area (Å²) in [4.78, 5) is 18.5. The van der Waals surface area contributed by atoms with E-state index in [1.54, 1.807) is 0 Å². The van der Waals surface area contributed by atoms with Crippen LogP contribution in [0.15, 0.2) is 6.33 Å². The lowest BCUT2D eigenvalue weighted by atomic mass is 10.1. The molecule has 1 N–H and O–H groups in total. The maximum Gasteiger partial charge on any atom is 0.309 e. The van der Waals surface area contributed by atoms with Gasteiger partial charge in [-0.1, -0.05) is 6.92 Å². The third-order valence-electron chi connectivity index (χ3n) is 1.95. The van der Waals surface area contributed by atoms with E-state index in [0.29, 0.717) is 5.69 Å². The van der Waals surface area contributed by atoms with Gasteiger partial charge >= 0.3 is 5.97 Å². The lowest BCUT2D eigenvalue weighted by Gasteiger charge is -2.05. The van der Waals surface area contributed by atoms with E-state index in [-0.39, 0.29) is 6.42 Å². The van der Waals surface area contributed by atoms with E-state index in [4.69, 9.17) is 5.11 Å². The van der Waals surface area contributed by atoms with Crippen LogP contribution in [0.5, 0.6) is 0 Å². The Kier molecular flexibility index (Phi) is 2.95. The molecule has 0 saturated carbocycles. The molecular formula is C9H12N2O2. The van der Waals surface area contributed by atoms with Crippen LogP contribution in [0.4, 0.5) is 0 Å². The summed E-state index contributed by atoms with van der Waals surface area (Å²) in [6.45, 7) is 3.84. The molecule has 0 aliphatic rings. The molecule has 0 saturated heterocycles. The van der Waals surface area contributed by atoms with E-state index in [0.717, 1.165) is 17.7 Å². The van der Waals surface area contributed by atoms with Crippen LogP contribution in [0.2, 0.25) is 0 Å². The predicted octanol–water partition coefficient (Wildman–Crippen LogP) is 0.975. The number of carbonyl (C=O) groups is 1. The van der Waals surface area contributed by atoms with Gasteiger partial charge in [0, 0.05) is 5.69 Å². The summed E-state index contributed by atoms with van der Waals surface area (Å²) in [5.41, 5.74) is 2.43. The molecule has 1 aromatic heterocycles. The minimum Gasteiger partial charge on any atom is -0.481 e. The molecule has 0 amide bonds. The van der Waals surface area contributed by atoms with Gasteiger partial charge in [0.15, 0.2) is 0 Å². The first-order valence-corrected chi connectivity index (χ1v) is 4.16. The monoisotopic (exact) mass is 180 g/mol. The normalized spacial score (nSPS) is 10.0. The number of nitrogens with zero attached hydrogens (tertiary/aromatic N) is 2. The van der Waals surface area contributed by atoms with Crippen molar-refractivity contribution in [3.8, 4) is 0 Å². The van der Waals surface area contributed by atoms with Crippen molar-refractivity contribution in [3.05, 3.63) is 23.3 Å². The SMILES string of the molecule is CCc1ncnc(CC(=O)O)c1C. The standard InChI is InChI=1S/C9H12N2O2/c1-3-7-6(2)8(4-9(12)13)11-5-10-7/h5H,3-4H2,1-2H3,(H,12,13). The smallest absolute Gasteiger partial charge is 0.309 e. The molecule has 4 heteroatoms. The molecule has 0 unspecified atom stereocenters. The third-order valence-corrected chi connectivity index (χ3v) is 1.95. The van der Waals surface area contributed by atoms with E-state index in [1.165, 1.54) is 6.33 Å². The molecule has 0 spiro atoms. The van der Waals surface area contributed by atoms with Gasteiger partial charge in [-0.15, -0.1) is 0 Å². The zero-order valence-corrected chi connectivity index (χ0v) is 7.74. The highest BCUT2D eigenvalue weighted by Gasteiger charge is 2.08. The van der Waals surface area contributed by atoms with Crippen molar-refractivity contribution in [1.82, 2.24) is 9.97 Å². The summed E-state index contributed by atoms with van der Waals surface area (Å²) in [6.07, 6.45) is 2.20. The number of aromatic nitrogens is 2. The van der Waals surface area contributed by atoms with Crippen molar-refractivity contribution >= 4 is 5.97 Å². The fourth-order valence-corrected chi connectivity index (χ4v) is 1.21. The molecule has 1 rings (SSSR count). The highest BCUT2D eigenvalue weighted by molar-refractivity contribution is 5.70. The van der Waals surface area contributed by atoms with Crippen molar-refractivity contribution in [2.24, 2.45) is 0 Å². The summed E-state index contributed by atoms with van der Waals surface area (Å²) in [6, 6.07) is 0. The van der Waals surface area contributed by atoms with Crippen LogP contribution in [-0.2, 0) is 17.6 Å². The molecule has 0 bridgehead atoms. The molecule has 4 nitrogen and oxygen atoms in total. The third kappa shape index (κ3) is 2.24. The number of rotatable bonds is 3. The molecule has 70 valence electrons. The molecule has 1 heterocycles. The van der Waals surface area contributed by atoms with Crippen LogP contribution in [-0.4, -0.2) is 21.0 Å². The lowest BCUT2D eigenvalue weighted by Crippen LogP contribution is -2.07. The second-order valence-electron chi connectivity index (χ2n) is 2.82. The number of hydrogen-bond acceptors (Lipinski definition) is 3. The Labute approximate surface area is 76.7 Å². The molecule has 1 aromatic rings. The fourth-order valence-electron chi connectivity index (χ4n) is 1.21. The van der Waals surface area contributed by atoms with E-state index in [1.807, 2.05) is 13.8 Å².